The Balaban J connectivity index is 1.58. The molecule has 1 aliphatic heterocycles. The smallest absolute Gasteiger partial charge is 0.247 e. The van der Waals surface area contributed by atoms with Gasteiger partial charge in [-0.2, -0.15) is 5.10 Å². The van der Waals surface area contributed by atoms with E-state index in [2.05, 4.69) is 15.7 Å². The summed E-state index contributed by atoms with van der Waals surface area (Å²) in [6, 6.07) is 3.99. The Morgan fingerprint density at radius 2 is 1.76 bits per heavy atom. The van der Waals surface area contributed by atoms with Gasteiger partial charge in [0.1, 0.15) is 23.7 Å². The van der Waals surface area contributed by atoms with Crippen LogP contribution in [0, 0.1) is 11.7 Å². The van der Waals surface area contributed by atoms with Crippen LogP contribution in [0.15, 0.2) is 30.5 Å². The van der Waals surface area contributed by atoms with Gasteiger partial charge in [-0.15, -0.1) is 0 Å². The number of hydrogen-bond donors (Lipinski definition) is 2. The van der Waals surface area contributed by atoms with Gasteiger partial charge in [-0.1, -0.05) is 45.6 Å². The van der Waals surface area contributed by atoms with Crippen LogP contribution in [0.4, 0.5) is 15.9 Å². The van der Waals surface area contributed by atoms with Crippen LogP contribution < -0.4 is 15.5 Å². The maximum Gasteiger partial charge on any atom is 0.247 e. The number of nitrogens with zero attached hydrogens (tertiary/aromatic N) is 4. The van der Waals surface area contributed by atoms with Crippen LogP contribution in [0.2, 0.25) is 0 Å². The molecule has 2 heterocycles. The molecule has 252 valence electrons. The van der Waals surface area contributed by atoms with Crippen molar-refractivity contribution in [3.63, 3.8) is 0 Å². The van der Waals surface area contributed by atoms with Crippen molar-refractivity contribution in [2.24, 2.45) is 5.92 Å². The number of rotatable bonds is 12. The lowest BCUT2D eigenvalue weighted by molar-refractivity contribution is -0.136. The Hall–Kier alpha value is -3.81. The Morgan fingerprint density at radius 3 is 2.35 bits per heavy atom. The molecule has 14 heteroatoms. The summed E-state index contributed by atoms with van der Waals surface area (Å²) in [5.41, 5.74) is 0.340. The third kappa shape index (κ3) is 8.31. The second-order valence-electron chi connectivity index (χ2n) is 12.1. The number of halogens is 1. The zero-order valence-corrected chi connectivity index (χ0v) is 27.6. The average molecular weight is 661 g/mol. The van der Waals surface area contributed by atoms with Crippen molar-refractivity contribution in [2.45, 2.75) is 90.3 Å². The molecule has 12 nitrogen and oxygen atoms in total. The number of anilines is 2. The molecule has 0 radical (unpaired) electrons. The molecular formula is C32H45FN6O6S. The minimum Gasteiger partial charge on any atom is -0.344 e. The van der Waals surface area contributed by atoms with Crippen molar-refractivity contribution in [1.82, 2.24) is 20.0 Å². The molecule has 0 bridgehead atoms. The molecule has 1 aromatic heterocycles. The highest BCUT2D eigenvalue weighted by atomic mass is 32.2. The molecule has 0 spiro atoms. The predicted molar refractivity (Wildman–Crippen MR) is 172 cm³/mol. The van der Waals surface area contributed by atoms with Crippen molar-refractivity contribution >= 4 is 45.5 Å². The van der Waals surface area contributed by atoms with E-state index in [0.717, 1.165) is 38.5 Å². The Labute approximate surface area is 270 Å². The standard InChI is InChI=1S/C32H45FN6O6S/c1-4-27(41)36-29(32(43)37-16-18-46(44,45)19-17-37)22(3)24-12-13-26(25(33)20-24)35-31(42)30(23-10-8-6-7-9-11-23)38(21-40)28-14-15-34-39(28)5-2/h12-15,20-23,29-30H,4-11,16-19H2,1-3H3,(H,35,42)(H,36,41)/t22-,29+,30-/m0/s1. The van der Waals surface area contributed by atoms with Gasteiger partial charge in [0, 0.05) is 38.0 Å². The van der Waals surface area contributed by atoms with Crippen LogP contribution in [0.1, 0.15) is 77.2 Å². The van der Waals surface area contributed by atoms with Crippen LogP contribution in [-0.2, 0) is 35.6 Å². The highest BCUT2D eigenvalue weighted by molar-refractivity contribution is 7.91. The molecular weight excluding hydrogens is 615 g/mol. The number of nitrogens with one attached hydrogen (secondary N) is 2. The summed E-state index contributed by atoms with van der Waals surface area (Å²) in [6.45, 7) is 5.76. The van der Waals surface area contributed by atoms with Gasteiger partial charge in [0.2, 0.25) is 24.1 Å². The third-order valence-electron chi connectivity index (χ3n) is 9.12. The van der Waals surface area contributed by atoms with Gasteiger partial charge in [-0.05, 0) is 43.4 Å². The predicted octanol–water partition coefficient (Wildman–Crippen LogP) is 3.24. The van der Waals surface area contributed by atoms with E-state index in [1.807, 2.05) is 6.92 Å². The minimum atomic E-state index is -3.23. The fourth-order valence-electron chi connectivity index (χ4n) is 6.37. The lowest BCUT2D eigenvalue weighted by atomic mass is 9.89. The van der Waals surface area contributed by atoms with Crippen molar-refractivity contribution in [3.05, 3.63) is 41.8 Å². The number of hydrogen-bond acceptors (Lipinski definition) is 7. The zero-order valence-electron chi connectivity index (χ0n) is 26.8. The van der Waals surface area contributed by atoms with Crippen LogP contribution in [0.3, 0.4) is 0 Å². The van der Waals surface area contributed by atoms with Crippen LogP contribution in [0.25, 0.3) is 0 Å². The molecule has 46 heavy (non-hydrogen) atoms. The quantitative estimate of drug-likeness (QED) is 0.262. The molecule has 1 saturated carbocycles. The SMILES string of the molecule is CCC(=O)N[C@@H](C(=O)N1CCS(=O)(=O)CC1)[C@@H](C)c1ccc(NC(=O)[C@H](C2CCCCCC2)N(C=O)c2ccnn2CC)c(F)c1. The molecule has 2 aliphatic rings. The topological polar surface area (TPSA) is 151 Å². The lowest BCUT2D eigenvalue weighted by Gasteiger charge is -2.34. The molecule has 4 rings (SSSR count). The van der Waals surface area contributed by atoms with E-state index in [4.69, 9.17) is 0 Å². The molecule has 2 aromatic rings. The fourth-order valence-corrected chi connectivity index (χ4v) is 7.57. The molecule has 4 amide bonds. The van der Waals surface area contributed by atoms with E-state index in [1.165, 1.54) is 21.9 Å². The molecule has 3 atom stereocenters. The van der Waals surface area contributed by atoms with Crippen LogP contribution in [-0.4, -0.2) is 83.9 Å². The first-order valence-corrected chi connectivity index (χ1v) is 18.0. The number of benzene rings is 1. The highest BCUT2D eigenvalue weighted by Crippen LogP contribution is 2.32. The summed E-state index contributed by atoms with van der Waals surface area (Å²) in [5.74, 6) is -2.67. The lowest BCUT2D eigenvalue weighted by Crippen LogP contribution is -2.54. The maximum absolute atomic E-state index is 15.7. The normalized spacial score (nSPS) is 18.9. The molecule has 1 aliphatic carbocycles. The van der Waals surface area contributed by atoms with Gasteiger partial charge in [-0.25, -0.2) is 17.5 Å². The highest BCUT2D eigenvalue weighted by Gasteiger charge is 2.37. The van der Waals surface area contributed by atoms with Crippen molar-refractivity contribution < 1.29 is 32.0 Å². The van der Waals surface area contributed by atoms with E-state index in [-0.39, 0.29) is 48.5 Å². The monoisotopic (exact) mass is 660 g/mol. The third-order valence-corrected chi connectivity index (χ3v) is 10.7. The number of amides is 4. The Bertz CT molecular complexity index is 1490. The first-order chi connectivity index (χ1) is 22.0. The minimum absolute atomic E-state index is 0.0186. The largest absolute Gasteiger partial charge is 0.344 e. The average Bonchev–Trinajstić information content (AvgIpc) is 3.35. The Morgan fingerprint density at radius 1 is 1.09 bits per heavy atom. The summed E-state index contributed by atoms with van der Waals surface area (Å²) in [4.78, 5) is 55.1. The molecule has 2 fully saturated rings. The molecule has 1 saturated heterocycles. The number of sulfone groups is 1. The summed E-state index contributed by atoms with van der Waals surface area (Å²) < 4.78 is 41.1. The first-order valence-electron chi connectivity index (χ1n) is 16.1. The van der Waals surface area contributed by atoms with Crippen molar-refractivity contribution in [1.29, 1.82) is 0 Å². The molecule has 0 unspecified atom stereocenters. The van der Waals surface area contributed by atoms with Crippen molar-refractivity contribution in [3.8, 4) is 0 Å². The van der Waals surface area contributed by atoms with E-state index < -0.39 is 45.5 Å². The van der Waals surface area contributed by atoms with Gasteiger partial charge in [0.05, 0.1) is 23.4 Å². The van der Waals surface area contributed by atoms with Gasteiger partial charge in [-0.3, -0.25) is 24.1 Å². The van der Waals surface area contributed by atoms with E-state index >= 15 is 4.39 Å². The summed E-state index contributed by atoms with van der Waals surface area (Å²) >= 11 is 0. The Kier molecular flexibility index (Phi) is 11.9. The van der Waals surface area contributed by atoms with Crippen molar-refractivity contribution in [2.75, 3.05) is 34.8 Å². The van der Waals surface area contributed by atoms with E-state index in [0.29, 0.717) is 24.3 Å². The number of carbonyl (C=O) groups is 4. The first kappa shape index (κ1) is 35.1. The second-order valence-corrected chi connectivity index (χ2v) is 14.4. The van der Waals surface area contributed by atoms with E-state index in [9.17, 15) is 27.6 Å². The number of aryl methyl sites for hydroxylation is 1. The van der Waals surface area contributed by atoms with Gasteiger partial charge < -0.3 is 15.5 Å². The number of carbonyl (C=O) groups excluding carboxylic acids is 4. The molecule has 1 aromatic carbocycles. The maximum atomic E-state index is 15.7. The summed E-state index contributed by atoms with van der Waals surface area (Å²) in [5, 5.41) is 9.71. The second kappa shape index (κ2) is 15.7. The van der Waals surface area contributed by atoms with Crippen LogP contribution >= 0.6 is 0 Å². The summed E-state index contributed by atoms with van der Waals surface area (Å²) in [7, 11) is -3.23. The van der Waals surface area contributed by atoms with Crippen LogP contribution in [0.5, 0.6) is 0 Å². The van der Waals surface area contributed by atoms with Gasteiger partial charge in [0.15, 0.2) is 9.84 Å². The summed E-state index contributed by atoms with van der Waals surface area (Å²) in [6.07, 6.45) is 7.80. The molecule has 2 N–H and O–H groups in total. The van der Waals surface area contributed by atoms with Gasteiger partial charge in [0.25, 0.3) is 0 Å². The van der Waals surface area contributed by atoms with E-state index in [1.54, 1.807) is 36.9 Å². The van der Waals surface area contributed by atoms with Gasteiger partial charge >= 0.3 is 0 Å². The number of aromatic nitrogens is 2. The fraction of sp³-hybridized carbons (Fsp3) is 0.594. The zero-order chi connectivity index (χ0) is 33.4.